The molecule has 1 saturated heterocycles. The van der Waals surface area contributed by atoms with E-state index >= 15 is 0 Å². The van der Waals surface area contributed by atoms with E-state index in [0.29, 0.717) is 13.1 Å². The molecule has 1 aliphatic rings. The van der Waals surface area contributed by atoms with Crippen molar-refractivity contribution in [3.05, 3.63) is 29.6 Å². The zero-order valence-electron chi connectivity index (χ0n) is 11.9. The summed E-state index contributed by atoms with van der Waals surface area (Å²) in [5.41, 5.74) is 0.194. The highest BCUT2D eigenvalue weighted by molar-refractivity contribution is 7.89. The Kier molecular flexibility index (Phi) is 4.78. The lowest BCUT2D eigenvalue weighted by atomic mass is 10.2. The van der Waals surface area contributed by atoms with Crippen molar-refractivity contribution in [1.29, 1.82) is 0 Å². The van der Waals surface area contributed by atoms with Crippen LogP contribution in [-0.4, -0.2) is 38.4 Å². The molecule has 1 N–H and O–H groups in total. The normalized spacial score (nSPS) is 19.7. The third kappa shape index (κ3) is 2.87. The largest absolute Gasteiger partial charge is 0.315 e. The number of rotatable bonds is 5. The molecule has 6 heteroatoms. The minimum atomic E-state index is -3.65. The van der Waals surface area contributed by atoms with Crippen LogP contribution in [0, 0.1) is 12.7 Å². The van der Waals surface area contributed by atoms with Crippen molar-refractivity contribution < 1.29 is 12.8 Å². The Morgan fingerprint density at radius 3 is 2.80 bits per heavy atom. The summed E-state index contributed by atoms with van der Waals surface area (Å²) in [7, 11) is -3.65. The third-order valence-corrected chi connectivity index (χ3v) is 5.79. The first-order chi connectivity index (χ1) is 9.48. The number of nitrogens with zero attached hydrogens (tertiary/aromatic N) is 1. The number of hydrogen-bond donors (Lipinski definition) is 1. The lowest BCUT2D eigenvalue weighted by molar-refractivity contribution is 0.334. The molecule has 0 aliphatic carbocycles. The van der Waals surface area contributed by atoms with E-state index in [1.54, 1.807) is 0 Å². The molecule has 20 heavy (non-hydrogen) atoms. The number of hydrogen-bond acceptors (Lipinski definition) is 3. The lowest BCUT2D eigenvalue weighted by Gasteiger charge is -2.28. The molecule has 1 heterocycles. The van der Waals surface area contributed by atoms with Gasteiger partial charge in [-0.3, -0.25) is 0 Å². The highest BCUT2D eigenvalue weighted by Crippen LogP contribution is 2.25. The number of halogens is 1. The fourth-order valence-corrected chi connectivity index (χ4v) is 4.58. The summed E-state index contributed by atoms with van der Waals surface area (Å²) in [5.74, 6) is -0.480. The first-order valence-electron chi connectivity index (χ1n) is 6.96. The highest BCUT2D eigenvalue weighted by atomic mass is 32.2. The Labute approximate surface area is 120 Å². The van der Waals surface area contributed by atoms with Crippen LogP contribution in [0.2, 0.25) is 0 Å². The molecule has 1 atom stereocenters. The van der Waals surface area contributed by atoms with Crippen molar-refractivity contribution in [3.8, 4) is 0 Å². The molecule has 2 rings (SSSR count). The second kappa shape index (κ2) is 6.20. The predicted molar refractivity (Wildman–Crippen MR) is 76.6 cm³/mol. The molecule has 0 saturated carbocycles. The van der Waals surface area contributed by atoms with Gasteiger partial charge in [0.05, 0.1) is 4.90 Å². The first-order valence-corrected chi connectivity index (χ1v) is 8.40. The van der Waals surface area contributed by atoms with Crippen LogP contribution in [-0.2, 0) is 10.0 Å². The average molecular weight is 300 g/mol. The van der Waals surface area contributed by atoms with Gasteiger partial charge in [0.1, 0.15) is 5.82 Å². The van der Waals surface area contributed by atoms with Gasteiger partial charge in [-0.25, -0.2) is 12.8 Å². The summed E-state index contributed by atoms with van der Waals surface area (Å²) in [6, 6.07) is 4.18. The zero-order valence-corrected chi connectivity index (χ0v) is 12.7. The molecular formula is C14H21FN2O2S. The van der Waals surface area contributed by atoms with Gasteiger partial charge < -0.3 is 5.32 Å². The molecular weight excluding hydrogens is 279 g/mol. The zero-order chi connectivity index (χ0) is 14.8. The SMILES string of the molecule is CCCN(C1CCNC1)S(=O)(=O)c1cccc(F)c1C. The van der Waals surface area contributed by atoms with Crippen molar-refractivity contribution in [1.82, 2.24) is 9.62 Å². The average Bonchev–Trinajstić information content (AvgIpc) is 2.92. The van der Waals surface area contributed by atoms with Crippen LogP contribution in [0.3, 0.4) is 0 Å². The molecule has 4 nitrogen and oxygen atoms in total. The van der Waals surface area contributed by atoms with Crippen LogP contribution >= 0.6 is 0 Å². The Morgan fingerprint density at radius 2 is 2.20 bits per heavy atom. The van der Waals surface area contributed by atoms with Crippen LogP contribution in [0.5, 0.6) is 0 Å². The van der Waals surface area contributed by atoms with Crippen LogP contribution < -0.4 is 5.32 Å². The molecule has 0 amide bonds. The van der Waals surface area contributed by atoms with E-state index in [1.807, 2.05) is 6.92 Å². The second-order valence-electron chi connectivity index (χ2n) is 5.13. The van der Waals surface area contributed by atoms with Gasteiger partial charge in [0.25, 0.3) is 0 Å². The molecule has 1 unspecified atom stereocenters. The topological polar surface area (TPSA) is 49.4 Å². The Bertz CT molecular complexity index is 569. The van der Waals surface area contributed by atoms with E-state index in [0.717, 1.165) is 19.4 Å². The van der Waals surface area contributed by atoms with Crippen molar-refractivity contribution in [2.45, 2.75) is 37.6 Å². The van der Waals surface area contributed by atoms with E-state index in [-0.39, 0.29) is 16.5 Å². The molecule has 0 bridgehead atoms. The van der Waals surface area contributed by atoms with E-state index in [2.05, 4.69) is 5.32 Å². The van der Waals surface area contributed by atoms with E-state index < -0.39 is 15.8 Å². The maximum Gasteiger partial charge on any atom is 0.243 e. The van der Waals surface area contributed by atoms with Gasteiger partial charge in [0.15, 0.2) is 0 Å². The van der Waals surface area contributed by atoms with Gasteiger partial charge >= 0.3 is 0 Å². The molecule has 0 spiro atoms. The Balaban J connectivity index is 2.42. The second-order valence-corrected chi connectivity index (χ2v) is 6.98. The van der Waals surface area contributed by atoms with Crippen LogP contribution in [0.25, 0.3) is 0 Å². The van der Waals surface area contributed by atoms with Crippen molar-refractivity contribution >= 4 is 10.0 Å². The first kappa shape index (κ1) is 15.4. The van der Waals surface area contributed by atoms with Crippen molar-refractivity contribution in [2.75, 3.05) is 19.6 Å². The van der Waals surface area contributed by atoms with Crippen LogP contribution in [0.15, 0.2) is 23.1 Å². The standard InChI is InChI=1S/C14H21FN2O2S/c1-3-9-17(12-7-8-16-10-12)20(18,19)14-6-4-5-13(15)11(14)2/h4-6,12,16H,3,7-10H2,1-2H3. The van der Waals surface area contributed by atoms with Gasteiger partial charge in [-0.05, 0) is 38.4 Å². The van der Waals surface area contributed by atoms with Gasteiger partial charge in [-0.2, -0.15) is 4.31 Å². The molecule has 1 aliphatic heterocycles. The van der Waals surface area contributed by atoms with E-state index in [4.69, 9.17) is 0 Å². The predicted octanol–water partition coefficient (Wildman–Crippen LogP) is 1.90. The molecule has 0 aromatic heterocycles. The minimum absolute atomic E-state index is 0.0392. The fraction of sp³-hybridized carbons (Fsp3) is 0.571. The van der Waals surface area contributed by atoms with Gasteiger partial charge in [0, 0.05) is 24.7 Å². The Hall–Kier alpha value is -0.980. The van der Waals surface area contributed by atoms with Crippen LogP contribution in [0.4, 0.5) is 4.39 Å². The fourth-order valence-electron chi connectivity index (χ4n) is 2.60. The maximum atomic E-state index is 13.6. The van der Waals surface area contributed by atoms with Gasteiger partial charge in [0.2, 0.25) is 10.0 Å². The summed E-state index contributed by atoms with van der Waals surface area (Å²) in [5, 5.41) is 3.18. The Morgan fingerprint density at radius 1 is 1.45 bits per heavy atom. The lowest BCUT2D eigenvalue weighted by Crippen LogP contribution is -2.42. The van der Waals surface area contributed by atoms with Crippen molar-refractivity contribution in [2.24, 2.45) is 0 Å². The smallest absolute Gasteiger partial charge is 0.243 e. The summed E-state index contributed by atoms with van der Waals surface area (Å²) in [4.78, 5) is 0.0813. The summed E-state index contributed by atoms with van der Waals surface area (Å²) in [6.45, 7) is 5.41. The third-order valence-electron chi connectivity index (χ3n) is 3.69. The number of sulfonamides is 1. The molecule has 0 radical (unpaired) electrons. The maximum absolute atomic E-state index is 13.6. The summed E-state index contributed by atoms with van der Waals surface area (Å²) in [6.07, 6.45) is 1.54. The quantitative estimate of drug-likeness (QED) is 0.903. The number of benzene rings is 1. The van der Waals surface area contributed by atoms with Gasteiger partial charge in [-0.1, -0.05) is 13.0 Å². The van der Waals surface area contributed by atoms with E-state index in [1.165, 1.54) is 29.4 Å². The monoisotopic (exact) mass is 300 g/mol. The number of nitrogens with one attached hydrogen (secondary N) is 1. The minimum Gasteiger partial charge on any atom is -0.315 e. The van der Waals surface area contributed by atoms with E-state index in [9.17, 15) is 12.8 Å². The highest BCUT2D eigenvalue weighted by Gasteiger charge is 2.33. The summed E-state index contributed by atoms with van der Waals surface area (Å²) >= 11 is 0. The molecule has 1 fully saturated rings. The van der Waals surface area contributed by atoms with Crippen molar-refractivity contribution in [3.63, 3.8) is 0 Å². The summed E-state index contributed by atoms with van der Waals surface area (Å²) < 4.78 is 40.8. The molecule has 112 valence electrons. The molecule has 1 aromatic carbocycles. The van der Waals surface area contributed by atoms with Gasteiger partial charge in [-0.15, -0.1) is 0 Å². The molecule has 1 aromatic rings. The van der Waals surface area contributed by atoms with Crippen LogP contribution in [0.1, 0.15) is 25.3 Å².